The van der Waals surface area contributed by atoms with Crippen LogP contribution in [0.2, 0.25) is 10.0 Å². The normalized spacial score (nSPS) is 20.5. The quantitative estimate of drug-likeness (QED) is 0.788. The summed E-state index contributed by atoms with van der Waals surface area (Å²) in [7, 11) is 0. The molecule has 2 atom stereocenters. The Morgan fingerprint density at radius 1 is 1.13 bits per heavy atom. The zero-order valence-corrected chi connectivity index (χ0v) is 13.5. The number of carbonyl (C=O) groups is 1. The van der Waals surface area contributed by atoms with Crippen LogP contribution in [0.25, 0.3) is 0 Å². The number of hydrazine groups is 1. The van der Waals surface area contributed by atoms with Crippen LogP contribution in [0, 0.1) is 5.82 Å². The van der Waals surface area contributed by atoms with E-state index in [-0.39, 0.29) is 22.7 Å². The van der Waals surface area contributed by atoms with E-state index >= 15 is 0 Å². The lowest BCUT2D eigenvalue weighted by Crippen LogP contribution is -2.39. The molecule has 3 N–H and O–H groups in total. The van der Waals surface area contributed by atoms with Gasteiger partial charge in [0.15, 0.2) is 5.82 Å². The molecule has 2 unspecified atom stereocenters. The molecular formula is C16H14Cl2FN3O. The van der Waals surface area contributed by atoms with E-state index < -0.39 is 11.9 Å². The van der Waals surface area contributed by atoms with Crippen molar-refractivity contribution >= 4 is 34.8 Å². The molecule has 1 amide bonds. The van der Waals surface area contributed by atoms with Crippen molar-refractivity contribution in [2.75, 3.05) is 5.32 Å². The molecule has 1 saturated heterocycles. The van der Waals surface area contributed by atoms with E-state index in [9.17, 15) is 9.18 Å². The number of rotatable bonds is 3. The van der Waals surface area contributed by atoms with Crippen LogP contribution in [0.5, 0.6) is 0 Å². The molecule has 120 valence electrons. The first kappa shape index (κ1) is 16.2. The monoisotopic (exact) mass is 353 g/mol. The van der Waals surface area contributed by atoms with Crippen molar-refractivity contribution < 1.29 is 9.18 Å². The van der Waals surface area contributed by atoms with Crippen molar-refractivity contribution in [2.45, 2.75) is 18.5 Å². The SMILES string of the molecule is O=C(Nc1cccc(Cl)c1F)C1CC(c2ccc(Cl)cc2)NN1. The fourth-order valence-electron chi connectivity index (χ4n) is 2.46. The van der Waals surface area contributed by atoms with Gasteiger partial charge in [-0.2, -0.15) is 0 Å². The average molecular weight is 354 g/mol. The Labute approximate surface area is 142 Å². The van der Waals surface area contributed by atoms with Crippen LogP contribution >= 0.6 is 23.2 Å². The number of nitrogens with one attached hydrogen (secondary N) is 3. The Kier molecular flexibility index (Phi) is 4.82. The van der Waals surface area contributed by atoms with Gasteiger partial charge in [0.25, 0.3) is 0 Å². The Hall–Kier alpha value is -1.66. The van der Waals surface area contributed by atoms with Crippen molar-refractivity contribution in [1.82, 2.24) is 10.9 Å². The van der Waals surface area contributed by atoms with Crippen LogP contribution in [0.1, 0.15) is 18.0 Å². The Balaban J connectivity index is 1.65. The average Bonchev–Trinajstić information content (AvgIpc) is 3.02. The Morgan fingerprint density at radius 2 is 1.87 bits per heavy atom. The number of carbonyl (C=O) groups excluding carboxylic acids is 1. The molecule has 2 aromatic rings. The standard InChI is InChI=1S/C16H14Cl2FN3O/c17-10-6-4-9(5-7-10)13-8-14(22-21-13)16(23)20-12-3-1-2-11(18)15(12)19/h1-7,13-14,21-22H,8H2,(H,20,23). The smallest absolute Gasteiger partial charge is 0.243 e. The van der Waals surface area contributed by atoms with Gasteiger partial charge >= 0.3 is 0 Å². The summed E-state index contributed by atoms with van der Waals surface area (Å²) >= 11 is 11.6. The molecular weight excluding hydrogens is 340 g/mol. The van der Waals surface area contributed by atoms with E-state index in [0.717, 1.165) is 5.56 Å². The maximum Gasteiger partial charge on any atom is 0.243 e. The highest BCUT2D eigenvalue weighted by Gasteiger charge is 2.30. The molecule has 0 aromatic heterocycles. The topological polar surface area (TPSA) is 53.2 Å². The highest BCUT2D eigenvalue weighted by Crippen LogP contribution is 2.26. The van der Waals surface area contributed by atoms with Crippen LogP contribution in [-0.4, -0.2) is 11.9 Å². The molecule has 7 heteroatoms. The number of anilines is 1. The number of hydrogen-bond donors (Lipinski definition) is 3. The summed E-state index contributed by atoms with van der Waals surface area (Å²) in [4.78, 5) is 12.3. The minimum absolute atomic E-state index is 0.0211. The number of amides is 1. The van der Waals surface area contributed by atoms with E-state index in [4.69, 9.17) is 23.2 Å². The Morgan fingerprint density at radius 3 is 2.61 bits per heavy atom. The molecule has 2 aromatic carbocycles. The molecule has 0 bridgehead atoms. The van der Waals surface area contributed by atoms with Crippen LogP contribution in [0.15, 0.2) is 42.5 Å². The van der Waals surface area contributed by atoms with Gasteiger partial charge in [-0.1, -0.05) is 41.4 Å². The second-order valence-electron chi connectivity index (χ2n) is 5.27. The molecule has 1 aliphatic rings. The summed E-state index contributed by atoms with van der Waals surface area (Å²) in [6.45, 7) is 0. The van der Waals surface area contributed by atoms with E-state index in [1.807, 2.05) is 12.1 Å². The summed E-state index contributed by atoms with van der Waals surface area (Å²) in [5.41, 5.74) is 7.07. The molecule has 0 radical (unpaired) electrons. The molecule has 0 spiro atoms. The first-order valence-corrected chi connectivity index (χ1v) is 7.81. The second-order valence-corrected chi connectivity index (χ2v) is 6.12. The molecule has 1 fully saturated rings. The summed E-state index contributed by atoms with van der Waals surface area (Å²) in [5, 5.41) is 3.18. The third kappa shape index (κ3) is 3.64. The lowest BCUT2D eigenvalue weighted by Gasteiger charge is -2.12. The highest BCUT2D eigenvalue weighted by molar-refractivity contribution is 6.31. The zero-order valence-electron chi connectivity index (χ0n) is 11.9. The lowest BCUT2D eigenvalue weighted by atomic mass is 10.0. The van der Waals surface area contributed by atoms with E-state index in [1.165, 1.54) is 12.1 Å². The lowest BCUT2D eigenvalue weighted by molar-refractivity contribution is -0.117. The molecule has 23 heavy (non-hydrogen) atoms. The van der Waals surface area contributed by atoms with Gasteiger partial charge in [0.1, 0.15) is 6.04 Å². The summed E-state index contributed by atoms with van der Waals surface area (Å²) in [6.07, 6.45) is 0.537. The van der Waals surface area contributed by atoms with Crippen LogP contribution in [0.3, 0.4) is 0 Å². The van der Waals surface area contributed by atoms with E-state index in [1.54, 1.807) is 18.2 Å². The van der Waals surface area contributed by atoms with Gasteiger partial charge < -0.3 is 5.32 Å². The predicted molar refractivity (Wildman–Crippen MR) is 88.9 cm³/mol. The number of halogens is 3. The van der Waals surface area contributed by atoms with Gasteiger partial charge in [0, 0.05) is 11.1 Å². The van der Waals surface area contributed by atoms with Crippen LogP contribution < -0.4 is 16.2 Å². The maximum absolute atomic E-state index is 13.8. The van der Waals surface area contributed by atoms with Crippen molar-refractivity contribution in [3.63, 3.8) is 0 Å². The van der Waals surface area contributed by atoms with Gasteiger partial charge in [-0.15, -0.1) is 0 Å². The van der Waals surface area contributed by atoms with Crippen LogP contribution in [-0.2, 0) is 4.79 Å². The maximum atomic E-state index is 13.8. The summed E-state index contributed by atoms with van der Waals surface area (Å²) in [5.74, 6) is -0.960. The zero-order chi connectivity index (χ0) is 16.4. The number of hydrogen-bond acceptors (Lipinski definition) is 3. The fourth-order valence-corrected chi connectivity index (χ4v) is 2.76. The van der Waals surface area contributed by atoms with Gasteiger partial charge in [0.2, 0.25) is 5.91 Å². The van der Waals surface area contributed by atoms with E-state index in [2.05, 4.69) is 16.2 Å². The van der Waals surface area contributed by atoms with Gasteiger partial charge in [0.05, 0.1) is 10.7 Å². The first-order valence-electron chi connectivity index (χ1n) is 7.06. The molecule has 0 saturated carbocycles. The third-order valence-corrected chi connectivity index (χ3v) is 4.25. The predicted octanol–water partition coefficient (Wildman–Crippen LogP) is 3.68. The fraction of sp³-hybridized carbons (Fsp3) is 0.188. The van der Waals surface area contributed by atoms with Crippen molar-refractivity contribution in [2.24, 2.45) is 0 Å². The molecule has 4 nitrogen and oxygen atoms in total. The summed E-state index contributed by atoms with van der Waals surface area (Å²) < 4.78 is 13.8. The highest BCUT2D eigenvalue weighted by atomic mass is 35.5. The molecule has 0 aliphatic carbocycles. The third-order valence-electron chi connectivity index (χ3n) is 3.70. The van der Waals surface area contributed by atoms with Crippen molar-refractivity contribution in [3.05, 3.63) is 63.9 Å². The summed E-state index contributed by atoms with van der Waals surface area (Å²) in [6, 6.07) is 11.4. The number of benzene rings is 2. The molecule has 1 heterocycles. The van der Waals surface area contributed by atoms with Crippen molar-refractivity contribution in [3.8, 4) is 0 Å². The molecule has 3 rings (SSSR count). The van der Waals surface area contributed by atoms with Gasteiger partial charge in [-0.3, -0.25) is 4.79 Å². The van der Waals surface area contributed by atoms with Gasteiger partial charge in [-0.05, 0) is 36.2 Å². The Bertz CT molecular complexity index is 724. The van der Waals surface area contributed by atoms with E-state index in [0.29, 0.717) is 11.4 Å². The first-order chi connectivity index (χ1) is 11.0. The van der Waals surface area contributed by atoms with Crippen molar-refractivity contribution in [1.29, 1.82) is 0 Å². The van der Waals surface area contributed by atoms with Crippen LogP contribution in [0.4, 0.5) is 10.1 Å². The minimum Gasteiger partial charge on any atom is -0.322 e. The second kappa shape index (κ2) is 6.84. The largest absolute Gasteiger partial charge is 0.322 e. The minimum atomic E-state index is -0.636. The van der Waals surface area contributed by atoms with Gasteiger partial charge in [-0.25, -0.2) is 15.2 Å². The molecule has 1 aliphatic heterocycles.